The Hall–Kier alpha value is 0.200. The maximum Gasteiger partial charge on any atom is 0.233 e. The summed E-state index contributed by atoms with van der Waals surface area (Å²) in [7, 11) is 1.80. The van der Waals surface area contributed by atoms with Gasteiger partial charge in [0, 0.05) is 17.2 Å². The zero-order valence-corrected chi connectivity index (χ0v) is 9.86. The van der Waals surface area contributed by atoms with Gasteiger partial charge in [-0.25, -0.2) is 8.42 Å². The molecular formula is C8H18ClNO2S. The lowest BCUT2D eigenvalue weighted by atomic mass is 10.3. The van der Waals surface area contributed by atoms with Crippen LogP contribution in [-0.2, 0) is 9.05 Å². The van der Waals surface area contributed by atoms with Crippen molar-refractivity contribution in [2.45, 2.75) is 26.7 Å². The van der Waals surface area contributed by atoms with Gasteiger partial charge < -0.3 is 4.90 Å². The van der Waals surface area contributed by atoms with Gasteiger partial charge in [-0.15, -0.1) is 0 Å². The lowest BCUT2D eigenvalue weighted by molar-refractivity contribution is 0.290. The van der Waals surface area contributed by atoms with E-state index in [0.29, 0.717) is 6.54 Å². The standard InChI is InChI=1S/C8H18ClNO2S/c1-3-5-10(6-4-2)7-8-13(9,11)12/h3-8H2,1-2H3. The Balaban J connectivity index is 3.81. The van der Waals surface area contributed by atoms with Crippen LogP contribution in [0.3, 0.4) is 0 Å². The molecule has 0 radical (unpaired) electrons. The van der Waals surface area contributed by atoms with Crippen molar-refractivity contribution in [3.8, 4) is 0 Å². The second kappa shape index (κ2) is 6.62. The van der Waals surface area contributed by atoms with Crippen LogP contribution in [0.1, 0.15) is 26.7 Å². The number of halogens is 1. The van der Waals surface area contributed by atoms with Crippen molar-refractivity contribution in [1.29, 1.82) is 0 Å². The minimum Gasteiger partial charge on any atom is -0.302 e. The number of nitrogens with zero attached hydrogens (tertiary/aromatic N) is 1. The van der Waals surface area contributed by atoms with Crippen molar-refractivity contribution in [2.75, 3.05) is 25.4 Å². The van der Waals surface area contributed by atoms with Crippen LogP contribution in [-0.4, -0.2) is 38.7 Å². The number of hydrogen-bond acceptors (Lipinski definition) is 3. The highest BCUT2D eigenvalue weighted by Gasteiger charge is 2.09. The first-order chi connectivity index (χ1) is 5.99. The van der Waals surface area contributed by atoms with Gasteiger partial charge in [-0.2, -0.15) is 0 Å². The first-order valence-corrected chi connectivity index (χ1v) is 7.12. The van der Waals surface area contributed by atoms with Gasteiger partial charge in [0.05, 0.1) is 5.75 Å². The monoisotopic (exact) mass is 227 g/mol. The zero-order chi connectivity index (χ0) is 10.3. The first-order valence-electron chi connectivity index (χ1n) is 4.64. The molecule has 80 valence electrons. The summed E-state index contributed by atoms with van der Waals surface area (Å²) < 4.78 is 21.4. The summed E-state index contributed by atoms with van der Waals surface area (Å²) in [5.41, 5.74) is 0. The fraction of sp³-hybridized carbons (Fsp3) is 1.00. The predicted molar refractivity (Wildman–Crippen MR) is 56.7 cm³/mol. The molecule has 0 saturated heterocycles. The molecule has 3 nitrogen and oxygen atoms in total. The quantitative estimate of drug-likeness (QED) is 0.621. The second-order valence-corrected chi connectivity index (χ2v) is 5.98. The van der Waals surface area contributed by atoms with Crippen LogP contribution in [0.4, 0.5) is 0 Å². The smallest absolute Gasteiger partial charge is 0.233 e. The molecule has 0 bridgehead atoms. The summed E-state index contributed by atoms with van der Waals surface area (Å²) in [5.74, 6) is 0.0502. The van der Waals surface area contributed by atoms with Crippen molar-refractivity contribution in [3.63, 3.8) is 0 Å². The van der Waals surface area contributed by atoms with Gasteiger partial charge in [0.1, 0.15) is 0 Å². The van der Waals surface area contributed by atoms with E-state index in [2.05, 4.69) is 18.7 Å². The molecule has 0 atom stereocenters. The highest BCUT2D eigenvalue weighted by molar-refractivity contribution is 8.13. The van der Waals surface area contributed by atoms with E-state index in [-0.39, 0.29) is 5.75 Å². The Labute approximate surface area is 85.5 Å². The minimum atomic E-state index is -3.33. The molecule has 0 amide bonds. The Bertz CT molecular complexity index is 210. The average Bonchev–Trinajstić information content (AvgIpc) is 2.00. The number of hydrogen-bond donors (Lipinski definition) is 0. The molecule has 0 saturated carbocycles. The van der Waals surface area contributed by atoms with Crippen LogP contribution in [0.2, 0.25) is 0 Å². The van der Waals surface area contributed by atoms with Crippen LogP contribution in [0.5, 0.6) is 0 Å². The number of rotatable bonds is 7. The van der Waals surface area contributed by atoms with Crippen molar-refractivity contribution < 1.29 is 8.42 Å². The SMILES string of the molecule is CCCN(CCC)CCS(=O)(=O)Cl. The summed E-state index contributed by atoms with van der Waals surface area (Å²) in [6.45, 7) is 6.60. The van der Waals surface area contributed by atoms with E-state index in [1.807, 2.05) is 0 Å². The molecule has 13 heavy (non-hydrogen) atoms. The lowest BCUT2D eigenvalue weighted by Gasteiger charge is -2.19. The van der Waals surface area contributed by atoms with Gasteiger partial charge in [0.2, 0.25) is 9.05 Å². The highest BCUT2D eigenvalue weighted by atomic mass is 35.7. The molecule has 0 heterocycles. The largest absolute Gasteiger partial charge is 0.302 e. The van der Waals surface area contributed by atoms with Gasteiger partial charge >= 0.3 is 0 Å². The Morgan fingerprint density at radius 3 is 1.85 bits per heavy atom. The van der Waals surface area contributed by atoms with Crippen LogP contribution < -0.4 is 0 Å². The van der Waals surface area contributed by atoms with E-state index in [1.165, 1.54) is 0 Å². The van der Waals surface area contributed by atoms with Crippen LogP contribution in [0.25, 0.3) is 0 Å². The third-order valence-corrected chi connectivity index (χ3v) is 2.86. The van der Waals surface area contributed by atoms with Gasteiger partial charge in [-0.05, 0) is 25.9 Å². The molecule has 0 N–H and O–H groups in total. The van der Waals surface area contributed by atoms with Crippen LogP contribution in [0, 0.1) is 0 Å². The summed E-state index contributed by atoms with van der Waals surface area (Å²) in [6, 6.07) is 0. The third-order valence-electron chi connectivity index (χ3n) is 1.73. The molecule has 0 aliphatic carbocycles. The van der Waals surface area contributed by atoms with Gasteiger partial charge in [-0.3, -0.25) is 0 Å². The fourth-order valence-corrected chi connectivity index (χ4v) is 1.89. The Morgan fingerprint density at radius 2 is 1.54 bits per heavy atom. The maximum absolute atomic E-state index is 10.7. The normalized spacial score (nSPS) is 12.3. The minimum absolute atomic E-state index is 0.0502. The molecule has 0 aromatic heterocycles. The Kier molecular flexibility index (Phi) is 6.73. The summed E-state index contributed by atoms with van der Waals surface area (Å²) in [4.78, 5) is 2.12. The molecule has 0 fully saturated rings. The van der Waals surface area contributed by atoms with Crippen LogP contribution in [0.15, 0.2) is 0 Å². The van der Waals surface area contributed by atoms with Crippen LogP contribution >= 0.6 is 10.7 Å². The molecule has 0 spiro atoms. The molecule has 0 aromatic rings. The fourth-order valence-electron chi connectivity index (χ4n) is 1.21. The molecule has 0 aromatic carbocycles. The van der Waals surface area contributed by atoms with E-state index in [1.54, 1.807) is 0 Å². The summed E-state index contributed by atoms with van der Waals surface area (Å²) >= 11 is 0. The van der Waals surface area contributed by atoms with Gasteiger partial charge in [-0.1, -0.05) is 13.8 Å². The summed E-state index contributed by atoms with van der Waals surface area (Å²) in [6.07, 6.45) is 2.09. The van der Waals surface area contributed by atoms with E-state index in [4.69, 9.17) is 10.7 Å². The van der Waals surface area contributed by atoms with Crippen molar-refractivity contribution in [3.05, 3.63) is 0 Å². The topological polar surface area (TPSA) is 37.4 Å². The molecule has 0 aliphatic rings. The second-order valence-electron chi connectivity index (χ2n) is 3.08. The lowest BCUT2D eigenvalue weighted by Crippen LogP contribution is -2.29. The van der Waals surface area contributed by atoms with E-state index in [9.17, 15) is 8.42 Å². The summed E-state index contributed by atoms with van der Waals surface area (Å²) in [5, 5.41) is 0. The third kappa shape index (κ3) is 8.53. The zero-order valence-electron chi connectivity index (χ0n) is 8.29. The molecule has 0 rings (SSSR count). The van der Waals surface area contributed by atoms with E-state index in [0.717, 1.165) is 25.9 Å². The Morgan fingerprint density at radius 1 is 1.08 bits per heavy atom. The van der Waals surface area contributed by atoms with Crippen molar-refractivity contribution in [2.24, 2.45) is 0 Å². The molecule has 0 aliphatic heterocycles. The van der Waals surface area contributed by atoms with Gasteiger partial charge in [0.25, 0.3) is 0 Å². The van der Waals surface area contributed by atoms with E-state index < -0.39 is 9.05 Å². The van der Waals surface area contributed by atoms with Crippen molar-refractivity contribution in [1.82, 2.24) is 4.90 Å². The van der Waals surface area contributed by atoms with Crippen molar-refractivity contribution >= 4 is 19.7 Å². The first kappa shape index (κ1) is 13.2. The molecular weight excluding hydrogens is 210 g/mol. The molecule has 0 unspecified atom stereocenters. The predicted octanol–water partition coefficient (Wildman–Crippen LogP) is 1.68. The average molecular weight is 228 g/mol. The van der Waals surface area contributed by atoms with E-state index >= 15 is 0 Å². The maximum atomic E-state index is 10.7. The highest BCUT2D eigenvalue weighted by Crippen LogP contribution is 2.00. The van der Waals surface area contributed by atoms with Gasteiger partial charge in [0.15, 0.2) is 0 Å². The molecule has 5 heteroatoms.